The minimum absolute atomic E-state index is 0.181. The zero-order valence-electron chi connectivity index (χ0n) is 8.71. The number of aliphatic hydroxyl groups is 2. The topological polar surface area (TPSA) is 117 Å². The lowest BCUT2D eigenvalue weighted by Gasteiger charge is -2.02. The van der Waals surface area contributed by atoms with Crippen LogP contribution in [0, 0.1) is 0 Å². The van der Waals surface area contributed by atoms with E-state index in [2.05, 4.69) is 10.6 Å². The van der Waals surface area contributed by atoms with Crippen LogP contribution in [0.1, 0.15) is 0 Å². The van der Waals surface area contributed by atoms with E-state index in [1.165, 1.54) is 0 Å². The Kier molecular flexibility index (Phi) is 21.4. The summed E-state index contributed by atoms with van der Waals surface area (Å²) in [5.41, 5.74) is 9.81. The summed E-state index contributed by atoms with van der Waals surface area (Å²) < 4.78 is 0. The molecule has 0 unspecified atom stereocenters. The number of nitrogens with one attached hydrogen (secondary N) is 2. The summed E-state index contributed by atoms with van der Waals surface area (Å²) in [5, 5.41) is 22.7. The lowest BCUT2D eigenvalue weighted by Crippen LogP contribution is -2.30. The molecule has 0 atom stereocenters. The molecule has 0 aliphatic carbocycles. The normalized spacial score (nSPS) is 9.43. The van der Waals surface area contributed by atoms with Gasteiger partial charge in [0.05, 0.1) is 13.2 Å². The minimum Gasteiger partial charge on any atom is -0.395 e. The number of rotatable bonds is 8. The maximum absolute atomic E-state index is 8.35. The second-order valence-corrected chi connectivity index (χ2v) is 2.52. The number of hydrogen-bond donors (Lipinski definition) is 6. The first kappa shape index (κ1) is 16.2. The quantitative estimate of drug-likeness (QED) is 0.238. The molecule has 0 aliphatic rings. The molecule has 0 fully saturated rings. The van der Waals surface area contributed by atoms with Crippen molar-refractivity contribution in [2.75, 3.05) is 52.5 Å². The highest BCUT2D eigenvalue weighted by Crippen LogP contribution is 1.59. The molecule has 88 valence electrons. The maximum Gasteiger partial charge on any atom is 0.0555 e. The molecule has 14 heavy (non-hydrogen) atoms. The summed E-state index contributed by atoms with van der Waals surface area (Å²) in [6.07, 6.45) is 0. The van der Waals surface area contributed by atoms with Crippen molar-refractivity contribution in [2.45, 2.75) is 0 Å². The van der Waals surface area contributed by atoms with Crippen LogP contribution in [-0.2, 0) is 0 Å². The van der Waals surface area contributed by atoms with Crippen molar-refractivity contribution in [2.24, 2.45) is 11.5 Å². The molecule has 0 heterocycles. The third kappa shape index (κ3) is 22.6. The standard InChI is InChI=1S/C6H16N2O2.C2H8N2/c9-5-3-7-1-2-8-4-6-10;3-1-2-4/h7-10H,1-6H2;1-4H2. The second-order valence-electron chi connectivity index (χ2n) is 2.52. The monoisotopic (exact) mass is 208 g/mol. The van der Waals surface area contributed by atoms with Crippen molar-refractivity contribution in [3.05, 3.63) is 0 Å². The summed E-state index contributed by atoms with van der Waals surface area (Å²) in [5.74, 6) is 0. The van der Waals surface area contributed by atoms with Gasteiger partial charge in [-0.05, 0) is 0 Å². The molecular weight excluding hydrogens is 184 g/mol. The third-order valence-corrected chi connectivity index (χ3v) is 1.22. The minimum atomic E-state index is 0.181. The van der Waals surface area contributed by atoms with E-state index in [9.17, 15) is 0 Å². The fraction of sp³-hybridized carbons (Fsp3) is 1.00. The van der Waals surface area contributed by atoms with E-state index in [0.29, 0.717) is 26.2 Å². The van der Waals surface area contributed by atoms with Gasteiger partial charge in [0.25, 0.3) is 0 Å². The van der Waals surface area contributed by atoms with Gasteiger partial charge in [0, 0.05) is 39.3 Å². The van der Waals surface area contributed by atoms with Gasteiger partial charge < -0.3 is 32.3 Å². The number of hydrogen-bond acceptors (Lipinski definition) is 6. The highest BCUT2D eigenvalue weighted by atomic mass is 16.3. The lowest BCUT2D eigenvalue weighted by molar-refractivity contribution is 0.286. The molecule has 0 radical (unpaired) electrons. The van der Waals surface area contributed by atoms with Gasteiger partial charge in [0.15, 0.2) is 0 Å². The summed E-state index contributed by atoms with van der Waals surface area (Å²) in [6, 6.07) is 0. The van der Waals surface area contributed by atoms with Gasteiger partial charge in [-0.3, -0.25) is 0 Å². The maximum atomic E-state index is 8.35. The van der Waals surface area contributed by atoms with Crippen LogP contribution in [0.2, 0.25) is 0 Å². The Morgan fingerprint density at radius 3 is 1.29 bits per heavy atom. The van der Waals surface area contributed by atoms with Crippen molar-refractivity contribution in [3.8, 4) is 0 Å². The van der Waals surface area contributed by atoms with E-state index >= 15 is 0 Å². The van der Waals surface area contributed by atoms with Crippen LogP contribution >= 0.6 is 0 Å². The number of aliphatic hydroxyl groups excluding tert-OH is 2. The Balaban J connectivity index is 0. The first-order valence-corrected chi connectivity index (χ1v) is 4.86. The molecule has 8 N–H and O–H groups in total. The van der Waals surface area contributed by atoms with E-state index in [-0.39, 0.29) is 13.2 Å². The largest absolute Gasteiger partial charge is 0.395 e. The SMILES string of the molecule is NCCN.OCCNCCNCCO. The van der Waals surface area contributed by atoms with Gasteiger partial charge in [0.1, 0.15) is 0 Å². The van der Waals surface area contributed by atoms with E-state index in [4.69, 9.17) is 21.7 Å². The molecular formula is C8H24N4O2. The molecule has 0 aliphatic heterocycles. The van der Waals surface area contributed by atoms with Crippen molar-refractivity contribution in [3.63, 3.8) is 0 Å². The summed E-state index contributed by atoms with van der Waals surface area (Å²) in [7, 11) is 0. The molecule has 0 aromatic heterocycles. The third-order valence-electron chi connectivity index (χ3n) is 1.22. The zero-order chi connectivity index (χ0) is 11.1. The first-order valence-electron chi connectivity index (χ1n) is 4.86. The molecule has 0 bridgehead atoms. The van der Waals surface area contributed by atoms with E-state index in [1.54, 1.807) is 0 Å². The smallest absolute Gasteiger partial charge is 0.0555 e. The van der Waals surface area contributed by atoms with E-state index in [1.807, 2.05) is 0 Å². The summed E-state index contributed by atoms with van der Waals surface area (Å²) in [4.78, 5) is 0. The lowest BCUT2D eigenvalue weighted by atomic mass is 10.5. The molecule has 0 amide bonds. The van der Waals surface area contributed by atoms with E-state index < -0.39 is 0 Å². The van der Waals surface area contributed by atoms with Gasteiger partial charge in [-0.25, -0.2) is 0 Å². The number of nitrogens with two attached hydrogens (primary N) is 2. The highest BCUT2D eigenvalue weighted by Gasteiger charge is 1.84. The molecule has 0 aromatic carbocycles. The van der Waals surface area contributed by atoms with Crippen LogP contribution in [0.25, 0.3) is 0 Å². The first-order chi connectivity index (χ1) is 6.83. The van der Waals surface area contributed by atoms with Crippen LogP contribution in [-0.4, -0.2) is 62.7 Å². The predicted octanol–water partition coefficient (Wildman–Crippen LogP) is -2.95. The Morgan fingerprint density at radius 2 is 1.07 bits per heavy atom. The van der Waals surface area contributed by atoms with Crippen LogP contribution < -0.4 is 22.1 Å². The summed E-state index contributed by atoms with van der Waals surface area (Å²) in [6.45, 7) is 4.50. The van der Waals surface area contributed by atoms with Crippen molar-refractivity contribution < 1.29 is 10.2 Å². The van der Waals surface area contributed by atoms with Gasteiger partial charge in [-0.15, -0.1) is 0 Å². The van der Waals surface area contributed by atoms with Crippen LogP contribution in [0.4, 0.5) is 0 Å². The fourth-order valence-corrected chi connectivity index (χ4v) is 0.585. The van der Waals surface area contributed by atoms with Crippen molar-refractivity contribution >= 4 is 0 Å². The highest BCUT2D eigenvalue weighted by molar-refractivity contribution is 4.49. The fourth-order valence-electron chi connectivity index (χ4n) is 0.585. The Morgan fingerprint density at radius 1 is 0.714 bits per heavy atom. The Labute approximate surface area is 85.7 Å². The van der Waals surface area contributed by atoms with Crippen molar-refractivity contribution in [1.29, 1.82) is 0 Å². The molecule has 0 saturated carbocycles. The predicted molar refractivity (Wildman–Crippen MR) is 58.0 cm³/mol. The molecule has 6 heteroatoms. The van der Waals surface area contributed by atoms with Gasteiger partial charge in [0.2, 0.25) is 0 Å². The van der Waals surface area contributed by atoms with Crippen LogP contribution in [0.3, 0.4) is 0 Å². The molecule has 0 spiro atoms. The summed E-state index contributed by atoms with van der Waals surface area (Å²) >= 11 is 0. The van der Waals surface area contributed by atoms with Gasteiger partial charge in [-0.2, -0.15) is 0 Å². The van der Waals surface area contributed by atoms with Gasteiger partial charge in [-0.1, -0.05) is 0 Å². The van der Waals surface area contributed by atoms with E-state index in [0.717, 1.165) is 13.1 Å². The Bertz CT molecular complexity index is 75.7. The average molecular weight is 208 g/mol. The second kappa shape index (κ2) is 18.5. The molecule has 0 aromatic rings. The Hall–Kier alpha value is -0.240. The van der Waals surface area contributed by atoms with Gasteiger partial charge >= 0.3 is 0 Å². The zero-order valence-corrected chi connectivity index (χ0v) is 8.71. The molecule has 0 rings (SSSR count). The molecule has 0 saturated heterocycles. The van der Waals surface area contributed by atoms with Crippen LogP contribution in [0.5, 0.6) is 0 Å². The van der Waals surface area contributed by atoms with Crippen molar-refractivity contribution in [1.82, 2.24) is 10.6 Å². The molecule has 6 nitrogen and oxygen atoms in total. The average Bonchev–Trinajstić information content (AvgIpc) is 2.24. The van der Waals surface area contributed by atoms with Crippen LogP contribution in [0.15, 0.2) is 0 Å².